The van der Waals surface area contributed by atoms with E-state index in [0.29, 0.717) is 54.6 Å². The molecule has 1 amide bonds. The molecule has 0 aliphatic carbocycles. The number of rotatable bonds is 7. The van der Waals surface area contributed by atoms with Gasteiger partial charge in [-0.05, 0) is 35.4 Å². The molecule has 0 fully saturated rings. The van der Waals surface area contributed by atoms with Crippen LogP contribution in [0.3, 0.4) is 0 Å². The number of carbonyl (C=O) groups is 1. The molecule has 3 N–H and O–H groups in total. The Hall–Kier alpha value is -4.13. The number of nitriles is 1. The summed E-state index contributed by atoms with van der Waals surface area (Å²) in [6, 6.07) is 14.2. The molecule has 4 rings (SSSR count). The number of fused-ring (bicyclic) bond motifs is 1. The third kappa shape index (κ3) is 4.78. The van der Waals surface area contributed by atoms with Crippen molar-refractivity contribution in [2.24, 2.45) is 7.05 Å². The molecular weight excluding hydrogens is 436 g/mol. The SMILES string of the molecule is Cn1cc(CNCCO)cc(C(=O)Nc2cccc(-c3ccc4c(c3)OCCO4)c2C#N)c1=O. The Labute approximate surface area is 196 Å². The van der Waals surface area contributed by atoms with Gasteiger partial charge in [-0.1, -0.05) is 18.2 Å². The highest BCUT2D eigenvalue weighted by atomic mass is 16.6. The van der Waals surface area contributed by atoms with Crippen molar-refractivity contribution in [3.8, 4) is 28.7 Å². The van der Waals surface area contributed by atoms with E-state index >= 15 is 0 Å². The molecule has 0 bridgehead atoms. The fraction of sp³-hybridized carbons (Fsp3) is 0.240. The van der Waals surface area contributed by atoms with Crippen molar-refractivity contribution in [2.45, 2.75) is 6.54 Å². The van der Waals surface area contributed by atoms with Crippen LogP contribution < -0.4 is 25.7 Å². The first-order valence-corrected chi connectivity index (χ1v) is 10.8. The number of amides is 1. The number of pyridine rings is 1. The van der Waals surface area contributed by atoms with Crippen LogP contribution in [-0.2, 0) is 13.6 Å². The second-order valence-electron chi connectivity index (χ2n) is 7.73. The lowest BCUT2D eigenvalue weighted by molar-refractivity contribution is 0.102. The van der Waals surface area contributed by atoms with E-state index in [1.54, 1.807) is 43.6 Å². The standard InChI is InChI=1S/C25H24N4O5/c1-29-15-16(14-27-7-8-30)11-19(25(29)32)24(31)28-21-4-2-3-18(20(21)13-26)17-5-6-22-23(12-17)34-10-9-33-22/h2-6,11-12,15,27,30H,7-10,14H2,1H3,(H,28,31). The quantitative estimate of drug-likeness (QED) is 0.461. The van der Waals surface area contributed by atoms with Gasteiger partial charge in [0, 0.05) is 31.9 Å². The molecule has 0 unspecified atom stereocenters. The van der Waals surface area contributed by atoms with Crippen LogP contribution in [0.4, 0.5) is 5.69 Å². The zero-order valence-electron chi connectivity index (χ0n) is 18.6. The van der Waals surface area contributed by atoms with Crippen molar-refractivity contribution < 1.29 is 19.4 Å². The number of hydrogen-bond acceptors (Lipinski definition) is 7. The lowest BCUT2D eigenvalue weighted by atomic mass is 9.98. The van der Waals surface area contributed by atoms with Gasteiger partial charge in [-0.15, -0.1) is 0 Å². The Kier molecular flexibility index (Phi) is 6.92. The summed E-state index contributed by atoms with van der Waals surface area (Å²) < 4.78 is 12.5. The highest BCUT2D eigenvalue weighted by Gasteiger charge is 2.19. The molecule has 9 nitrogen and oxygen atoms in total. The van der Waals surface area contributed by atoms with Gasteiger partial charge in [0.15, 0.2) is 11.5 Å². The fourth-order valence-corrected chi connectivity index (χ4v) is 3.77. The Bertz CT molecular complexity index is 1330. The summed E-state index contributed by atoms with van der Waals surface area (Å²) in [6.45, 7) is 1.69. The molecule has 0 radical (unpaired) electrons. The molecule has 2 aromatic carbocycles. The van der Waals surface area contributed by atoms with Gasteiger partial charge in [0.1, 0.15) is 24.8 Å². The van der Waals surface area contributed by atoms with Crippen LogP contribution in [0.25, 0.3) is 11.1 Å². The molecule has 2 heterocycles. The molecule has 0 spiro atoms. The molecule has 1 aliphatic heterocycles. The minimum atomic E-state index is -0.611. The second-order valence-corrected chi connectivity index (χ2v) is 7.73. The average Bonchev–Trinajstić information content (AvgIpc) is 2.85. The van der Waals surface area contributed by atoms with Crippen LogP contribution in [0.5, 0.6) is 11.5 Å². The number of carbonyl (C=O) groups excluding carboxylic acids is 1. The summed E-state index contributed by atoms with van der Waals surface area (Å²) in [6.07, 6.45) is 1.63. The van der Waals surface area contributed by atoms with E-state index in [4.69, 9.17) is 14.6 Å². The van der Waals surface area contributed by atoms with E-state index in [1.807, 2.05) is 6.07 Å². The summed E-state index contributed by atoms with van der Waals surface area (Å²) in [4.78, 5) is 25.7. The number of nitrogens with zero attached hydrogens (tertiary/aromatic N) is 2. The van der Waals surface area contributed by atoms with Crippen molar-refractivity contribution in [2.75, 3.05) is 31.7 Å². The van der Waals surface area contributed by atoms with Crippen molar-refractivity contribution in [1.82, 2.24) is 9.88 Å². The Morgan fingerprint density at radius 2 is 1.97 bits per heavy atom. The summed E-state index contributed by atoms with van der Waals surface area (Å²) >= 11 is 0. The summed E-state index contributed by atoms with van der Waals surface area (Å²) in [5, 5.41) is 24.6. The number of hydrogen-bond donors (Lipinski definition) is 3. The smallest absolute Gasteiger partial charge is 0.263 e. The van der Waals surface area contributed by atoms with Crippen LogP contribution in [0.2, 0.25) is 0 Å². The molecule has 174 valence electrons. The average molecular weight is 460 g/mol. The molecule has 0 atom stereocenters. The Balaban J connectivity index is 1.65. The van der Waals surface area contributed by atoms with Crippen LogP contribution in [-0.4, -0.2) is 41.9 Å². The molecule has 34 heavy (non-hydrogen) atoms. The molecule has 0 saturated carbocycles. The van der Waals surface area contributed by atoms with Crippen LogP contribution in [0, 0.1) is 11.3 Å². The van der Waals surface area contributed by atoms with E-state index in [1.165, 1.54) is 10.6 Å². The number of aliphatic hydroxyl groups is 1. The number of aromatic nitrogens is 1. The van der Waals surface area contributed by atoms with Gasteiger partial charge in [0.25, 0.3) is 11.5 Å². The normalized spacial score (nSPS) is 12.1. The van der Waals surface area contributed by atoms with Crippen molar-refractivity contribution in [1.29, 1.82) is 5.26 Å². The first-order valence-electron chi connectivity index (χ1n) is 10.8. The number of anilines is 1. The molecule has 1 aromatic heterocycles. The minimum absolute atomic E-state index is 0.0181. The van der Waals surface area contributed by atoms with Gasteiger partial charge in [-0.3, -0.25) is 9.59 Å². The summed E-state index contributed by atoms with van der Waals surface area (Å²) in [7, 11) is 1.57. The van der Waals surface area contributed by atoms with Gasteiger partial charge < -0.3 is 29.8 Å². The molecule has 0 saturated heterocycles. The monoisotopic (exact) mass is 460 g/mol. The van der Waals surface area contributed by atoms with Crippen LogP contribution >= 0.6 is 0 Å². The number of aryl methyl sites for hydroxylation is 1. The van der Waals surface area contributed by atoms with Crippen molar-refractivity contribution in [3.05, 3.63) is 75.7 Å². The van der Waals surface area contributed by atoms with Gasteiger partial charge in [-0.2, -0.15) is 5.26 Å². The predicted molar refractivity (Wildman–Crippen MR) is 126 cm³/mol. The fourth-order valence-electron chi connectivity index (χ4n) is 3.77. The van der Waals surface area contributed by atoms with E-state index in [2.05, 4.69) is 16.7 Å². The molecule has 1 aliphatic rings. The number of aliphatic hydroxyl groups excluding tert-OH is 1. The van der Waals surface area contributed by atoms with E-state index in [0.717, 1.165) is 5.56 Å². The van der Waals surface area contributed by atoms with Crippen molar-refractivity contribution in [3.63, 3.8) is 0 Å². The first-order chi connectivity index (χ1) is 16.5. The number of ether oxygens (including phenoxy) is 2. The van der Waals surface area contributed by atoms with E-state index in [9.17, 15) is 14.9 Å². The van der Waals surface area contributed by atoms with Gasteiger partial charge >= 0.3 is 0 Å². The predicted octanol–water partition coefficient (Wildman–Crippen LogP) is 2.03. The number of nitrogens with one attached hydrogen (secondary N) is 2. The van der Waals surface area contributed by atoms with E-state index < -0.39 is 11.5 Å². The maximum atomic E-state index is 13.0. The third-order valence-electron chi connectivity index (χ3n) is 5.38. The van der Waals surface area contributed by atoms with Gasteiger partial charge in [0.2, 0.25) is 0 Å². The van der Waals surface area contributed by atoms with E-state index in [-0.39, 0.29) is 17.7 Å². The molecular formula is C25H24N4O5. The zero-order chi connectivity index (χ0) is 24.1. The lowest BCUT2D eigenvalue weighted by Gasteiger charge is -2.19. The highest BCUT2D eigenvalue weighted by Crippen LogP contribution is 2.37. The Morgan fingerprint density at radius 3 is 2.74 bits per heavy atom. The van der Waals surface area contributed by atoms with Crippen LogP contribution in [0.1, 0.15) is 21.5 Å². The first kappa shape index (κ1) is 23.0. The minimum Gasteiger partial charge on any atom is -0.486 e. The lowest BCUT2D eigenvalue weighted by Crippen LogP contribution is -2.29. The third-order valence-corrected chi connectivity index (χ3v) is 5.38. The number of benzene rings is 2. The van der Waals surface area contributed by atoms with Crippen LogP contribution in [0.15, 0.2) is 53.5 Å². The molecule has 3 aromatic rings. The maximum absolute atomic E-state index is 13.0. The topological polar surface area (TPSA) is 126 Å². The van der Waals surface area contributed by atoms with Gasteiger partial charge in [0.05, 0.1) is 17.9 Å². The summed E-state index contributed by atoms with van der Waals surface area (Å²) in [5.74, 6) is 0.625. The largest absolute Gasteiger partial charge is 0.486 e. The second kappa shape index (κ2) is 10.2. The van der Waals surface area contributed by atoms with Gasteiger partial charge in [-0.25, -0.2) is 0 Å². The Morgan fingerprint density at radius 1 is 1.18 bits per heavy atom. The summed E-state index contributed by atoms with van der Waals surface area (Å²) in [5.41, 5.74) is 2.14. The van der Waals surface area contributed by atoms with Crippen molar-refractivity contribution >= 4 is 11.6 Å². The highest BCUT2D eigenvalue weighted by molar-refractivity contribution is 6.05. The molecule has 9 heteroatoms. The maximum Gasteiger partial charge on any atom is 0.263 e. The zero-order valence-corrected chi connectivity index (χ0v) is 18.6.